The van der Waals surface area contributed by atoms with Crippen LogP contribution in [0, 0.1) is 0 Å². The van der Waals surface area contributed by atoms with Crippen molar-refractivity contribution in [2.45, 2.75) is 38.5 Å². The first-order valence-corrected chi connectivity index (χ1v) is 7.39. The smallest absolute Gasteiger partial charge is 0.239 e. The SMILES string of the molecule is COc1ccccc1COC1CCN(C(=O)[C@@H](C)N)CC1.Cl. The summed E-state index contributed by atoms with van der Waals surface area (Å²) in [5.41, 5.74) is 6.68. The molecule has 0 unspecified atom stereocenters. The largest absolute Gasteiger partial charge is 0.496 e. The number of halogens is 1. The second-order valence-corrected chi connectivity index (χ2v) is 5.44. The number of piperidine rings is 1. The summed E-state index contributed by atoms with van der Waals surface area (Å²) in [6.07, 6.45) is 1.90. The van der Waals surface area contributed by atoms with E-state index in [0.717, 1.165) is 37.2 Å². The van der Waals surface area contributed by atoms with Crippen LogP contribution in [-0.2, 0) is 16.1 Å². The van der Waals surface area contributed by atoms with Crippen LogP contribution in [0.2, 0.25) is 0 Å². The lowest BCUT2D eigenvalue weighted by atomic mass is 10.1. The number of nitrogens with two attached hydrogens (primary N) is 1. The number of rotatable bonds is 5. The lowest BCUT2D eigenvalue weighted by molar-refractivity contribution is -0.135. The molecule has 0 saturated carbocycles. The Morgan fingerprint density at radius 1 is 1.36 bits per heavy atom. The Kier molecular flexibility index (Phi) is 7.65. The molecule has 0 radical (unpaired) electrons. The molecule has 1 fully saturated rings. The number of amides is 1. The Balaban J connectivity index is 0.00000242. The van der Waals surface area contributed by atoms with Gasteiger partial charge in [-0.25, -0.2) is 0 Å². The minimum Gasteiger partial charge on any atom is -0.496 e. The third-order valence-corrected chi connectivity index (χ3v) is 3.81. The van der Waals surface area contributed by atoms with E-state index in [9.17, 15) is 4.79 Å². The van der Waals surface area contributed by atoms with Crippen molar-refractivity contribution in [2.24, 2.45) is 5.73 Å². The van der Waals surface area contributed by atoms with Gasteiger partial charge in [-0.2, -0.15) is 0 Å². The van der Waals surface area contributed by atoms with Gasteiger partial charge in [0.1, 0.15) is 5.75 Å². The molecule has 1 aliphatic heterocycles. The number of hydrogen-bond acceptors (Lipinski definition) is 4. The lowest BCUT2D eigenvalue weighted by Gasteiger charge is -2.33. The molecule has 0 bridgehead atoms. The molecule has 1 amide bonds. The molecule has 1 aromatic rings. The van der Waals surface area contributed by atoms with E-state index >= 15 is 0 Å². The molecule has 0 aromatic heterocycles. The monoisotopic (exact) mass is 328 g/mol. The summed E-state index contributed by atoms with van der Waals surface area (Å²) in [6.45, 7) is 3.70. The summed E-state index contributed by atoms with van der Waals surface area (Å²) >= 11 is 0. The summed E-state index contributed by atoms with van der Waals surface area (Å²) in [6, 6.07) is 7.44. The second kappa shape index (κ2) is 8.98. The van der Waals surface area contributed by atoms with E-state index in [2.05, 4.69) is 0 Å². The van der Waals surface area contributed by atoms with Gasteiger partial charge in [-0.1, -0.05) is 18.2 Å². The van der Waals surface area contributed by atoms with Crippen LogP contribution >= 0.6 is 12.4 Å². The van der Waals surface area contributed by atoms with Crippen molar-refractivity contribution in [3.63, 3.8) is 0 Å². The lowest BCUT2D eigenvalue weighted by Crippen LogP contribution is -2.47. The van der Waals surface area contributed by atoms with Gasteiger partial charge in [-0.3, -0.25) is 4.79 Å². The topological polar surface area (TPSA) is 64.8 Å². The maximum absolute atomic E-state index is 11.8. The van der Waals surface area contributed by atoms with Gasteiger partial charge >= 0.3 is 0 Å². The van der Waals surface area contributed by atoms with Gasteiger partial charge in [0, 0.05) is 18.7 Å². The van der Waals surface area contributed by atoms with E-state index < -0.39 is 6.04 Å². The van der Waals surface area contributed by atoms with Crippen molar-refractivity contribution in [1.29, 1.82) is 0 Å². The number of hydrogen-bond donors (Lipinski definition) is 1. The summed E-state index contributed by atoms with van der Waals surface area (Å²) in [7, 11) is 1.66. The number of nitrogens with zero attached hydrogens (tertiary/aromatic N) is 1. The van der Waals surface area contributed by atoms with Gasteiger partial charge in [0.15, 0.2) is 0 Å². The number of ether oxygens (including phenoxy) is 2. The highest BCUT2D eigenvalue weighted by molar-refractivity contribution is 5.85. The molecule has 1 atom stereocenters. The zero-order valence-corrected chi connectivity index (χ0v) is 14.0. The molecule has 1 heterocycles. The molecule has 1 aromatic carbocycles. The van der Waals surface area contributed by atoms with Crippen LogP contribution in [0.5, 0.6) is 5.75 Å². The first-order chi connectivity index (χ1) is 10.1. The van der Waals surface area contributed by atoms with Crippen molar-refractivity contribution >= 4 is 18.3 Å². The van der Waals surface area contributed by atoms with Crippen LogP contribution in [0.3, 0.4) is 0 Å². The second-order valence-electron chi connectivity index (χ2n) is 5.44. The highest BCUT2D eigenvalue weighted by atomic mass is 35.5. The maximum atomic E-state index is 11.8. The molecule has 1 saturated heterocycles. The highest BCUT2D eigenvalue weighted by Crippen LogP contribution is 2.21. The Morgan fingerprint density at radius 2 is 2.00 bits per heavy atom. The molecule has 2 N–H and O–H groups in total. The average molecular weight is 329 g/mol. The first-order valence-electron chi connectivity index (χ1n) is 7.39. The van der Waals surface area contributed by atoms with Crippen molar-refractivity contribution in [3.8, 4) is 5.75 Å². The number of methoxy groups -OCH3 is 1. The van der Waals surface area contributed by atoms with Gasteiger partial charge in [0.25, 0.3) is 0 Å². The fraction of sp³-hybridized carbons (Fsp3) is 0.562. The fourth-order valence-corrected chi connectivity index (χ4v) is 2.56. The number of benzene rings is 1. The summed E-state index contributed by atoms with van der Waals surface area (Å²) in [4.78, 5) is 13.6. The van der Waals surface area contributed by atoms with E-state index in [-0.39, 0.29) is 24.4 Å². The number of para-hydroxylation sites is 1. The average Bonchev–Trinajstić information content (AvgIpc) is 2.52. The zero-order chi connectivity index (χ0) is 15.2. The van der Waals surface area contributed by atoms with Crippen molar-refractivity contribution in [1.82, 2.24) is 4.90 Å². The van der Waals surface area contributed by atoms with Crippen molar-refractivity contribution in [3.05, 3.63) is 29.8 Å². The Hall–Kier alpha value is -1.30. The molecule has 2 rings (SSSR count). The quantitative estimate of drug-likeness (QED) is 0.897. The van der Waals surface area contributed by atoms with Crippen LogP contribution in [0.15, 0.2) is 24.3 Å². The first kappa shape index (κ1) is 18.7. The fourth-order valence-electron chi connectivity index (χ4n) is 2.56. The summed E-state index contributed by atoms with van der Waals surface area (Å²) in [5, 5.41) is 0. The standard InChI is InChI=1S/C16H24N2O3.ClH/c1-12(17)16(19)18-9-7-14(8-10-18)21-11-13-5-3-4-6-15(13)20-2;/h3-6,12,14H,7-11,17H2,1-2H3;1H/t12-;/m1./s1. The van der Waals surface area contributed by atoms with Gasteiger partial charge in [-0.05, 0) is 25.8 Å². The number of carbonyl (C=O) groups is 1. The van der Waals surface area contributed by atoms with E-state index in [1.807, 2.05) is 29.2 Å². The molecule has 124 valence electrons. The van der Waals surface area contributed by atoms with Crippen LogP contribution in [-0.4, -0.2) is 43.2 Å². The predicted molar refractivity (Wildman–Crippen MR) is 88.3 cm³/mol. The Labute approximate surface area is 138 Å². The zero-order valence-electron chi connectivity index (χ0n) is 13.2. The van der Waals surface area contributed by atoms with E-state index in [4.69, 9.17) is 15.2 Å². The number of likely N-dealkylation sites (tertiary alicyclic amines) is 1. The van der Waals surface area contributed by atoms with Gasteiger partial charge < -0.3 is 20.1 Å². The molecule has 6 heteroatoms. The van der Waals surface area contributed by atoms with Crippen LogP contribution in [0.25, 0.3) is 0 Å². The third-order valence-electron chi connectivity index (χ3n) is 3.81. The van der Waals surface area contributed by atoms with Crippen molar-refractivity contribution < 1.29 is 14.3 Å². The molecular formula is C16H25ClN2O3. The van der Waals surface area contributed by atoms with Crippen LogP contribution < -0.4 is 10.5 Å². The van der Waals surface area contributed by atoms with Crippen LogP contribution in [0.1, 0.15) is 25.3 Å². The van der Waals surface area contributed by atoms with Gasteiger partial charge in [-0.15, -0.1) is 12.4 Å². The van der Waals surface area contributed by atoms with Gasteiger partial charge in [0.05, 0.1) is 25.9 Å². The molecule has 0 spiro atoms. The van der Waals surface area contributed by atoms with Crippen LogP contribution in [0.4, 0.5) is 0 Å². The molecule has 22 heavy (non-hydrogen) atoms. The van der Waals surface area contributed by atoms with E-state index in [1.165, 1.54) is 0 Å². The maximum Gasteiger partial charge on any atom is 0.239 e. The summed E-state index contributed by atoms with van der Waals surface area (Å²) in [5.74, 6) is 0.875. The molecule has 5 nitrogen and oxygen atoms in total. The minimum atomic E-state index is -0.420. The molecule has 0 aliphatic carbocycles. The Bertz CT molecular complexity index is 474. The minimum absolute atomic E-state index is 0. The highest BCUT2D eigenvalue weighted by Gasteiger charge is 2.24. The van der Waals surface area contributed by atoms with Crippen molar-refractivity contribution in [2.75, 3.05) is 20.2 Å². The third kappa shape index (κ3) is 4.87. The predicted octanol–water partition coefficient (Wildman–Crippen LogP) is 1.97. The summed E-state index contributed by atoms with van der Waals surface area (Å²) < 4.78 is 11.3. The number of carbonyl (C=O) groups excluding carboxylic acids is 1. The molecular weight excluding hydrogens is 304 g/mol. The van der Waals surface area contributed by atoms with E-state index in [1.54, 1.807) is 14.0 Å². The van der Waals surface area contributed by atoms with E-state index in [0.29, 0.717) is 6.61 Å². The van der Waals surface area contributed by atoms with Gasteiger partial charge in [0.2, 0.25) is 5.91 Å². The normalized spacial score (nSPS) is 16.8. The Morgan fingerprint density at radius 3 is 2.59 bits per heavy atom. The molecule has 1 aliphatic rings.